The average molecular weight is 373 g/mol. The molecule has 5 rings (SSSR count). The number of hydrogen-bond donors (Lipinski definition) is 2. The average Bonchev–Trinajstić information content (AvgIpc) is 3.48. The molecule has 0 fully saturated rings. The molecule has 0 saturated heterocycles. The van der Waals surface area contributed by atoms with Crippen molar-refractivity contribution in [3.63, 3.8) is 0 Å². The van der Waals surface area contributed by atoms with E-state index in [1.54, 1.807) is 34.8 Å². The lowest BCUT2D eigenvalue weighted by molar-refractivity contribution is 0.931. The molecule has 7 nitrogen and oxygen atoms in total. The Bertz CT molecular complexity index is 1210. The first-order valence-corrected chi connectivity index (χ1v) is 9.27. The van der Waals surface area contributed by atoms with Crippen LogP contribution in [0.3, 0.4) is 0 Å². The van der Waals surface area contributed by atoms with E-state index in [4.69, 9.17) is 9.97 Å². The van der Waals surface area contributed by atoms with Gasteiger partial charge in [0.25, 0.3) is 0 Å². The van der Waals surface area contributed by atoms with Gasteiger partial charge in [-0.2, -0.15) is 4.98 Å². The lowest BCUT2D eigenvalue weighted by Gasteiger charge is -2.14. The van der Waals surface area contributed by atoms with E-state index in [0.717, 1.165) is 38.5 Å². The fourth-order valence-electron chi connectivity index (χ4n) is 3.07. The van der Waals surface area contributed by atoms with Gasteiger partial charge in [0.2, 0.25) is 5.95 Å². The highest BCUT2D eigenvalue weighted by Crippen LogP contribution is 2.39. The molecule has 1 aromatic carbocycles. The number of hydrogen-bond acceptors (Lipinski definition) is 6. The minimum absolute atomic E-state index is 0.564. The molecule has 0 saturated carbocycles. The Hall–Kier alpha value is -3.52. The highest BCUT2D eigenvalue weighted by Gasteiger charge is 2.19. The van der Waals surface area contributed by atoms with Gasteiger partial charge in [0.05, 0.1) is 28.6 Å². The number of aromatic amines is 1. The first-order chi connectivity index (χ1) is 13.3. The molecule has 0 bridgehead atoms. The summed E-state index contributed by atoms with van der Waals surface area (Å²) in [5, 5.41) is 5.28. The molecule has 0 aliphatic rings. The summed E-state index contributed by atoms with van der Waals surface area (Å²) >= 11 is 1.66. The molecule has 0 aliphatic heterocycles. The maximum atomic E-state index is 4.88. The normalized spacial score (nSPS) is 11.1. The van der Waals surface area contributed by atoms with Crippen molar-refractivity contribution in [2.45, 2.75) is 0 Å². The maximum absolute atomic E-state index is 4.88. The number of fused-ring (bicyclic) bond motifs is 1. The molecule has 2 N–H and O–H groups in total. The van der Waals surface area contributed by atoms with Crippen molar-refractivity contribution in [2.75, 3.05) is 12.4 Å². The van der Waals surface area contributed by atoms with Gasteiger partial charge in [0, 0.05) is 29.9 Å². The highest BCUT2D eigenvalue weighted by molar-refractivity contribution is 7.13. The second-order valence-corrected chi connectivity index (χ2v) is 6.88. The quantitative estimate of drug-likeness (QED) is 0.498. The van der Waals surface area contributed by atoms with Crippen LogP contribution in [-0.4, -0.2) is 36.5 Å². The number of rotatable bonds is 4. The van der Waals surface area contributed by atoms with Crippen LogP contribution in [-0.2, 0) is 0 Å². The van der Waals surface area contributed by atoms with Crippen LogP contribution < -0.4 is 5.32 Å². The Morgan fingerprint density at radius 2 is 2.15 bits per heavy atom. The third-order valence-electron chi connectivity index (χ3n) is 4.33. The number of H-pyrrole nitrogens is 1. The molecule has 0 aliphatic carbocycles. The SMILES string of the molecule is CNc1nc(-n2ccnc2)nc(-c2ccc3[nH]cnc3c2)c1-c1cccs1. The predicted octanol–water partition coefficient (Wildman–Crippen LogP) is 3.98. The summed E-state index contributed by atoms with van der Waals surface area (Å²) in [6, 6.07) is 10.2. The van der Waals surface area contributed by atoms with Gasteiger partial charge in [0.15, 0.2) is 0 Å². The lowest BCUT2D eigenvalue weighted by Crippen LogP contribution is -2.06. The molecule has 4 aromatic heterocycles. The van der Waals surface area contributed by atoms with Crippen LogP contribution in [0.1, 0.15) is 0 Å². The Kier molecular flexibility index (Phi) is 3.68. The van der Waals surface area contributed by atoms with E-state index in [9.17, 15) is 0 Å². The van der Waals surface area contributed by atoms with E-state index in [1.165, 1.54) is 0 Å². The van der Waals surface area contributed by atoms with Crippen molar-refractivity contribution in [3.05, 3.63) is 60.8 Å². The van der Waals surface area contributed by atoms with Crippen molar-refractivity contribution in [2.24, 2.45) is 0 Å². The standard InChI is InChI=1S/C19H15N7S/c1-20-18-16(15-3-2-8-27-15)17(24-19(25-18)26-7-6-21-11-26)12-4-5-13-14(9-12)23-10-22-13/h2-11H,1H3,(H,22,23)(H,20,24,25). The van der Waals surface area contributed by atoms with Crippen molar-refractivity contribution < 1.29 is 0 Å². The summed E-state index contributed by atoms with van der Waals surface area (Å²) in [6.45, 7) is 0. The zero-order chi connectivity index (χ0) is 18.2. The van der Waals surface area contributed by atoms with Gasteiger partial charge in [-0.05, 0) is 23.6 Å². The second-order valence-electron chi connectivity index (χ2n) is 5.93. The van der Waals surface area contributed by atoms with Crippen molar-refractivity contribution >= 4 is 28.2 Å². The molecule has 27 heavy (non-hydrogen) atoms. The minimum Gasteiger partial charge on any atom is -0.372 e. The fourth-order valence-corrected chi connectivity index (χ4v) is 3.84. The van der Waals surface area contributed by atoms with E-state index in [0.29, 0.717) is 5.95 Å². The maximum Gasteiger partial charge on any atom is 0.237 e. The molecule has 0 unspecified atom stereocenters. The topological polar surface area (TPSA) is 84.3 Å². The van der Waals surface area contributed by atoms with Crippen LogP contribution in [0, 0.1) is 0 Å². The summed E-state index contributed by atoms with van der Waals surface area (Å²) < 4.78 is 1.80. The van der Waals surface area contributed by atoms with Gasteiger partial charge in [-0.15, -0.1) is 11.3 Å². The van der Waals surface area contributed by atoms with Gasteiger partial charge in [-0.25, -0.2) is 15.0 Å². The molecule has 8 heteroatoms. The minimum atomic E-state index is 0.564. The van der Waals surface area contributed by atoms with Crippen LogP contribution in [0.5, 0.6) is 0 Å². The van der Waals surface area contributed by atoms with Crippen molar-refractivity contribution in [1.82, 2.24) is 29.5 Å². The molecule has 132 valence electrons. The first kappa shape index (κ1) is 15.7. The number of aromatic nitrogens is 6. The van der Waals surface area contributed by atoms with Crippen LogP contribution in [0.4, 0.5) is 5.82 Å². The monoisotopic (exact) mass is 373 g/mol. The Labute approximate surface area is 158 Å². The van der Waals surface area contributed by atoms with Gasteiger partial charge in [-0.1, -0.05) is 12.1 Å². The summed E-state index contributed by atoms with van der Waals surface area (Å²) in [4.78, 5) is 22.3. The third-order valence-corrected chi connectivity index (χ3v) is 5.22. The molecule has 0 radical (unpaired) electrons. The number of anilines is 1. The second kappa shape index (κ2) is 6.33. The number of nitrogens with zero attached hydrogens (tertiary/aromatic N) is 5. The largest absolute Gasteiger partial charge is 0.372 e. The Morgan fingerprint density at radius 3 is 2.93 bits per heavy atom. The van der Waals surface area contributed by atoms with Crippen molar-refractivity contribution in [3.8, 4) is 27.6 Å². The zero-order valence-electron chi connectivity index (χ0n) is 14.4. The Balaban J connectivity index is 1.81. The van der Waals surface area contributed by atoms with Crippen LogP contribution in [0.15, 0.2) is 60.8 Å². The smallest absolute Gasteiger partial charge is 0.237 e. The van der Waals surface area contributed by atoms with E-state index in [-0.39, 0.29) is 0 Å². The fraction of sp³-hybridized carbons (Fsp3) is 0.0526. The number of thiophene rings is 1. The van der Waals surface area contributed by atoms with Gasteiger partial charge in [-0.3, -0.25) is 4.57 Å². The lowest BCUT2D eigenvalue weighted by atomic mass is 10.0. The predicted molar refractivity (Wildman–Crippen MR) is 107 cm³/mol. The number of benzene rings is 1. The zero-order valence-corrected chi connectivity index (χ0v) is 15.2. The van der Waals surface area contributed by atoms with Gasteiger partial charge >= 0.3 is 0 Å². The van der Waals surface area contributed by atoms with E-state index >= 15 is 0 Å². The molecule has 5 aromatic rings. The molecule has 0 amide bonds. The van der Waals surface area contributed by atoms with Crippen molar-refractivity contribution in [1.29, 1.82) is 0 Å². The van der Waals surface area contributed by atoms with E-state index in [2.05, 4.69) is 37.8 Å². The highest BCUT2D eigenvalue weighted by atomic mass is 32.1. The van der Waals surface area contributed by atoms with E-state index in [1.807, 2.05) is 31.4 Å². The summed E-state index contributed by atoms with van der Waals surface area (Å²) in [5.74, 6) is 1.34. The van der Waals surface area contributed by atoms with Gasteiger partial charge in [0.1, 0.15) is 12.1 Å². The molecule has 0 spiro atoms. The van der Waals surface area contributed by atoms with Crippen LogP contribution in [0.2, 0.25) is 0 Å². The molecule has 0 atom stereocenters. The number of nitrogens with one attached hydrogen (secondary N) is 2. The molecular weight excluding hydrogens is 358 g/mol. The molecular formula is C19H15N7S. The molecule has 4 heterocycles. The summed E-state index contributed by atoms with van der Waals surface area (Å²) in [6.07, 6.45) is 6.94. The Morgan fingerprint density at radius 1 is 1.19 bits per heavy atom. The first-order valence-electron chi connectivity index (χ1n) is 8.39. The van der Waals surface area contributed by atoms with Crippen LogP contribution >= 0.6 is 11.3 Å². The summed E-state index contributed by atoms with van der Waals surface area (Å²) in [7, 11) is 1.87. The van der Waals surface area contributed by atoms with Crippen LogP contribution in [0.25, 0.3) is 38.7 Å². The van der Waals surface area contributed by atoms with E-state index < -0.39 is 0 Å². The number of imidazole rings is 2. The van der Waals surface area contributed by atoms with Gasteiger partial charge < -0.3 is 10.3 Å². The third kappa shape index (κ3) is 2.67. The summed E-state index contributed by atoms with van der Waals surface area (Å²) in [5.41, 5.74) is 4.71.